The van der Waals surface area contributed by atoms with Crippen LogP contribution in [0.25, 0.3) is 0 Å². The maximum Gasteiger partial charge on any atom is 0.139 e. The van der Waals surface area contributed by atoms with Gasteiger partial charge in [-0.15, -0.1) is 0 Å². The quantitative estimate of drug-likeness (QED) is 0.518. The fourth-order valence-electron chi connectivity index (χ4n) is 3.48. The molecule has 0 unspecified atom stereocenters. The smallest absolute Gasteiger partial charge is 0.139 e. The fourth-order valence-corrected chi connectivity index (χ4v) is 3.48. The van der Waals surface area contributed by atoms with Gasteiger partial charge in [0.25, 0.3) is 0 Å². The van der Waals surface area contributed by atoms with Crippen molar-refractivity contribution in [1.82, 2.24) is 0 Å². The maximum atomic E-state index is 13.2. The maximum absolute atomic E-state index is 13.2. The fraction of sp³-hybridized carbons (Fsp3) is 0.240. The van der Waals surface area contributed by atoms with E-state index in [1.165, 1.54) is 0 Å². The Morgan fingerprint density at radius 3 is 1.19 bits per heavy atom. The van der Waals surface area contributed by atoms with Crippen molar-refractivity contribution in [1.29, 1.82) is 0 Å². The van der Waals surface area contributed by atoms with Crippen LogP contribution in [-0.2, 0) is 10.2 Å². The van der Waals surface area contributed by atoms with E-state index in [1.807, 2.05) is 39.0 Å². The molecule has 0 aliphatic rings. The summed E-state index contributed by atoms with van der Waals surface area (Å²) in [6.45, 7) is 6.00. The van der Waals surface area contributed by atoms with E-state index in [2.05, 4.69) is 72.8 Å². The van der Waals surface area contributed by atoms with Crippen LogP contribution in [0, 0.1) is 5.41 Å². The standard InChI is InChI=1S/C25H26O/c1-24(2,3)23(26)19-25(20-13-7-4-8-14-20,21-15-9-5-10-16-21)22-17-11-6-12-18-22/h4-18H,19H2,1-3H3. The van der Waals surface area contributed by atoms with Gasteiger partial charge >= 0.3 is 0 Å². The minimum Gasteiger partial charge on any atom is -0.299 e. The van der Waals surface area contributed by atoms with Crippen molar-refractivity contribution in [2.45, 2.75) is 32.6 Å². The van der Waals surface area contributed by atoms with Crippen LogP contribution in [0.4, 0.5) is 0 Å². The molecular formula is C25H26O. The molecule has 0 atom stereocenters. The number of hydrogen-bond acceptors (Lipinski definition) is 1. The van der Waals surface area contributed by atoms with Crippen molar-refractivity contribution >= 4 is 5.78 Å². The summed E-state index contributed by atoms with van der Waals surface area (Å²) >= 11 is 0. The van der Waals surface area contributed by atoms with Crippen LogP contribution in [0.15, 0.2) is 91.0 Å². The highest BCUT2D eigenvalue weighted by atomic mass is 16.1. The van der Waals surface area contributed by atoms with Crippen LogP contribution in [0.5, 0.6) is 0 Å². The van der Waals surface area contributed by atoms with E-state index in [9.17, 15) is 4.79 Å². The average Bonchev–Trinajstić information content (AvgIpc) is 2.67. The van der Waals surface area contributed by atoms with Gasteiger partial charge in [-0.2, -0.15) is 0 Å². The van der Waals surface area contributed by atoms with Gasteiger partial charge in [-0.25, -0.2) is 0 Å². The normalized spacial score (nSPS) is 12.0. The molecule has 0 aromatic heterocycles. The number of Topliss-reactive ketones (excluding diaryl/α,β-unsaturated/α-hetero) is 1. The van der Waals surface area contributed by atoms with Gasteiger partial charge in [0.15, 0.2) is 0 Å². The van der Waals surface area contributed by atoms with E-state index in [1.54, 1.807) is 0 Å². The Bertz CT molecular complexity index is 746. The van der Waals surface area contributed by atoms with Crippen molar-refractivity contribution in [3.05, 3.63) is 108 Å². The van der Waals surface area contributed by atoms with Crippen molar-refractivity contribution < 1.29 is 4.79 Å². The van der Waals surface area contributed by atoms with Crippen LogP contribution >= 0.6 is 0 Å². The summed E-state index contributed by atoms with van der Waals surface area (Å²) in [5.74, 6) is 0.258. The van der Waals surface area contributed by atoms with E-state index < -0.39 is 5.41 Å². The van der Waals surface area contributed by atoms with Crippen LogP contribution in [0.3, 0.4) is 0 Å². The Morgan fingerprint density at radius 1 is 0.615 bits per heavy atom. The molecule has 1 nitrogen and oxygen atoms in total. The highest BCUT2D eigenvalue weighted by Gasteiger charge is 2.40. The summed E-state index contributed by atoms with van der Waals surface area (Å²) in [7, 11) is 0. The molecule has 0 aliphatic carbocycles. The Kier molecular flexibility index (Phi) is 5.08. The van der Waals surface area contributed by atoms with Crippen molar-refractivity contribution in [3.8, 4) is 0 Å². The molecule has 0 spiro atoms. The zero-order valence-corrected chi connectivity index (χ0v) is 15.8. The van der Waals surface area contributed by atoms with Gasteiger partial charge in [0, 0.05) is 11.8 Å². The van der Waals surface area contributed by atoms with E-state index in [0.717, 1.165) is 16.7 Å². The van der Waals surface area contributed by atoms with Crippen LogP contribution in [0.2, 0.25) is 0 Å². The number of benzene rings is 3. The lowest BCUT2D eigenvalue weighted by Gasteiger charge is -2.37. The average molecular weight is 342 g/mol. The van der Waals surface area contributed by atoms with Gasteiger partial charge in [-0.1, -0.05) is 112 Å². The molecule has 0 amide bonds. The summed E-state index contributed by atoms with van der Waals surface area (Å²) < 4.78 is 0. The molecule has 26 heavy (non-hydrogen) atoms. The van der Waals surface area contributed by atoms with E-state index in [0.29, 0.717) is 6.42 Å². The number of ketones is 1. The number of carbonyl (C=O) groups is 1. The van der Waals surface area contributed by atoms with Crippen LogP contribution in [-0.4, -0.2) is 5.78 Å². The molecule has 0 fully saturated rings. The first-order valence-corrected chi connectivity index (χ1v) is 9.14. The molecule has 0 saturated carbocycles. The molecule has 0 heterocycles. The Labute approximate surface area is 156 Å². The number of hydrogen-bond donors (Lipinski definition) is 0. The molecule has 3 aromatic carbocycles. The van der Waals surface area contributed by atoms with Crippen molar-refractivity contribution in [2.24, 2.45) is 5.41 Å². The summed E-state index contributed by atoms with van der Waals surface area (Å²) in [5, 5.41) is 0. The zero-order chi connectivity index (χ0) is 18.6. The molecule has 0 N–H and O–H groups in total. The van der Waals surface area contributed by atoms with Gasteiger partial charge in [0.2, 0.25) is 0 Å². The topological polar surface area (TPSA) is 17.1 Å². The molecular weight excluding hydrogens is 316 g/mol. The molecule has 3 rings (SSSR count). The second kappa shape index (κ2) is 7.29. The Morgan fingerprint density at radius 2 is 0.923 bits per heavy atom. The Hall–Kier alpha value is -2.67. The van der Waals surface area contributed by atoms with Gasteiger partial charge in [-0.05, 0) is 16.7 Å². The van der Waals surface area contributed by atoms with Crippen molar-refractivity contribution in [2.75, 3.05) is 0 Å². The zero-order valence-electron chi connectivity index (χ0n) is 15.8. The Balaban J connectivity index is 2.30. The predicted octanol–water partition coefficient (Wildman–Crippen LogP) is 6.03. The molecule has 0 radical (unpaired) electrons. The third-order valence-electron chi connectivity index (χ3n) is 5.06. The van der Waals surface area contributed by atoms with Crippen LogP contribution in [0.1, 0.15) is 43.9 Å². The summed E-state index contributed by atoms with van der Waals surface area (Å²) in [5.41, 5.74) is 2.57. The van der Waals surface area contributed by atoms with Gasteiger partial charge in [-0.3, -0.25) is 4.79 Å². The second-order valence-electron chi connectivity index (χ2n) is 7.85. The lowest BCUT2D eigenvalue weighted by atomic mass is 9.64. The number of rotatable bonds is 5. The largest absolute Gasteiger partial charge is 0.299 e. The minimum absolute atomic E-state index is 0.258. The molecule has 132 valence electrons. The number of carbonyl (C=O) groups excluding carboxylic acids is 1. The molecule has 0 saturated heterocycles. The first-order valence-electron chi connectivity index (χ1n) is 9.14. The van der Waals surface area contributed by atoms with Gasteiger partial charge in [0.1, 0.15) is 5.78 Å². The highest BCUT2D eigenvalue weighted by molar-refractivity contribution is 5.86. The van der Waals surface area contributed by atoms with Crippen LogP contribution < -0.4 is 0 Å². The molecule has 0 bridgehead atoms. The van der Waals surface area contributed by atoms with Crippen molar-refractivity contribution in [3.63, 3.8) is 0 Å². The summed E-state index contributed by atoms with van der Waals surface area (Å²) in [6.07, 6.45) is 0.439. The molecule has 1 heteroatoms. The molecule has 3 aromatic rings. The molecule has 0 aliphatic heterocycles. The van der Waals surface area contributed by atoms with Gasteiger partial charge in [0.05, 0.1) is 5.41 Å². The summed E-state index contributed by atoms with van der Waals surface area (Å²) in [4.78, 5) is 13.2. The SMILES string of the molecule is CC(C)(C)C(=O)CC(c1ccccc1)(c1ccccc1)c1ccccc1. The van der Waals surface area contributed by atoms with Gasteiger partial charge < -0.3 is 0 Å². The second-order valence-corrected chi connectivity index (χ2v) is 7.85. The highest BCUT2D eigenvalue weighted by Crippen LogP contribution is 2.43. The lowest BCUT2D eigenvalue weighted by molar-refractivity contribution is -0.127. The minimum atomic E-state index is -0.492. The van der Waals surface area contributed by atoms with E-state index in [-0.39, 0.29) is 11.2 Å². The third-order valence-corrected chi connectivity index (χ3v) is 5.06. The van der Waals surface area contributed by atoms with E-state index >= 15 is 0 Å². The first kappa shape index (κ1) is 18.1. The monoisotopic (exact) mass is 342 g/mol. The first-order chi connectivity index (χ1) is 12.4. The lowest BCUT2D eigenvalue weighted by Crippen LogP contribution is -2.36. The summed E-state index contributed by atoms with van der Waals surface area (Å²) in [6, 6.07) is 31.2. The third kappa shape index (κ3) is 3.48. The van der Waals surface area contributed by atoms with E-state index in [4.69, 9.17) is 0 Å². The predicted molar refractivity (Wildman–Crippen MR) is 108 cm³/mol.